The normalized spacial score (nSPS) is 12.1. The molecule has 4 rings (SSSR count). The van der Waals surface area contributed by atoms with Gasteiger partial charge in [-0.2, -0.15) is 0 Å². The number of hydrogen-bond donors (Lipinski definition) is 3. The summed E-state index contributed by atoms with van der Waals surface area (Å²) in [6.07, 6.45) is 0.838. The third kappa shape index (κ3) is 4.90. The highest BCUT2D eigenvalue weighted by atomic mass is 16.2. The van der Waals surface area contributed by atoms with Crippen LogP contribution in [0.4, 0.5) is 21.9 Å². The quantitative estimate of drug-likeness (QED) is 0.594. The summed E-state index contributed by atoms with van der Waals surface area (Å²) in [5.74, 6) is -0.570. The number of anilines is 3. The minimum atomic E-state index is -0.602. The van der Waals surface area contributed by atoms with E-state index in [9.17, 15) is 14.4 Å². The Kier molecular flexibility index (Phi) is 5.93. The Morgan fingerprint density at radius 3 is 2.42 bits per heavy atom. The van der Waals surface area contributed by atoms with Crippen molar-refractivity contribution in [3.63, 3.8) is 0 Å². The summed E-state index contributed by atoms with van der Waals surface area (Å²) in [7, 11) is 0. The molecule has 156 valence electrons. The summed E-state index contributed by atoms with van der Waals surface area (Å²) < 4.78 is 0. The van der Waals surface area contributed by atoms with E-state index in [1.807, 2.05) is 30.3 Å². The molecule has 31 heavy (non-hydrogen) atoms. The van der Waals surface area contributed by atoms with Gasteiger partial charge >= 0.3 is 6.03 Å². The van der Waals surface area contributed by atoms with E-state index < -0.39 is 11.9 Å². The lowest BCUT2D eigenvalue weighted by Crippen LogP contribution is -2.38. The molecular formula is C24H22N4O3. The number of carbonyl (C=O) groups excluding carboxylic acids is 3. The van der Waals surface area contributed by atoms with Crippen LogP contribution in [-0.2, 0) is 11.2 Å². The van der Waals surface area contributed by atoms with E-state index in [2.05, 4.69) is 16.0 Å². The lowest BCUT2D eigenvalue weighted by atomic mass is 10.1. The van der Waals surface area contributed by atoms with E-state index in [4.69, 9.17) is 0 Å². The van der Waals surface area contributed by atoms with Crippen LogP contribution in [0.25, 0.3) is 0 Å². The topological polar surface area (TPSA) is 90.5 Å². The third-order valence-electron chi connectivity index (χ3n) is 4.98. The Bertz CT molecular complexity index is 1110. The largest absolute Gasteiger partial charge is 0.376 e. The molecule has 0 atom stereocenters. The number of carbonyl (C=O) groups is 3. The average molecular weight is 414 g/mol. The van der Waals surface area contributed by atoms with Gasteiger partial charge < -0.3 is 15.5 Å². The molecule has 3 aromatic carbocycles. The fourth-order valence-electron chi connectivity index (χ4n) is 3.50. The zero-order valence-electron chi connectivity index (χ0n) is 16.8. The molecule has 1 aliphatic rings. The van der Waals surface area contributed by atoms with Gasteiger partial charge in [0.25, 0.3) is 5.91 Å². The summed E-state index contributed by atoms with van der Waals surface area (Å²) >= 11 is 0. The Hall–Kier alpha value is -4.13. The number of urea groups is 1. The molecule has 0 spiro atoms. The van der Waals surface area contributed by atoms with Gasteiger partial charge in [0, 0.05) is 29.2 Å². The van der Waals surface area contributed by atoms with Crippen LogP contribution in [0.15, 0.2) is 78.9 Å². The first kappa shape index (κ1) is 20.2. The van der Waals surface area contributed by atoms with Gasteiger partial charge in [-0.1, -0.05) is 42.5 Å². The van der Waals surface area contributed by atoms with Gasteiger partial charge in [0.05, 0.1) is 6.54 Å². The van der Waals surface area contributed by atoms with E-state index in [0.29, 0.717) is 23.5 Å². The number of rotatable bonds is 5. The van der Waals surface area contributed by atoms with Gasteiger partial charge in [0.15, 0.2) is 0 Å². The molecule has 7 nitrogen and oxygen atoms in total. The molecule has 0 saturated carbocycles. The van der Waals surface area contributed by atoms with Gasteiger partial charge in [-0.25, -0.2) is 4.79 Å². The van der Waals surface area contributed by atoms with Crippen molar-refractivity contribution in [1.29, 1.82) is 0 Å². The van der Waals surface area contributed by atoms with Crippen LogP contribution in [0.5, 0.6) is 0 Å². The predicted octanol–water partition coefficient (Wildman–Crippen LogP) is 3.65. The van der Waals surface area contributed by atoms with Crippen molar-refractivity contribution in [2.75, 3.05) is 28.6 Å². The molecule has 3 aromatic rings. The summed E-state index contributed by atoms with van der Waals surface area (Å²) in [4.78, 5) is 38.7. The Morgan fingerprint density at radius 2 is 1.58 bits per heavy atom. The predicted molar refractivity (Wildman–Crippen MR) is 120 cm³/mol. The van der Waals surface area contributed by atoms with Crippen LogP contribution in [0, 0.1) is 0 Å². The molecular weight excluding hydrogens is 392 g/mol. The second-order valence-electron chi connectivity index (χ2n) is 7.14. The molecule has 0 aromatic heterocycles. The molecule has 0 unspecified atom stereocenters. The minimum Gasteiger partial charge on any atom is -0.376 e. The summed E-state index contributed by atoms with van der Waals surface area (Å²) in [5, 5.41) is 7.81. The third-order valence-corrected chi connectivity index (χ3v) is 4.98. The first-order valence-corrected chi connectivity index (χ1v) is 10.00. The van der Waals surface area contributed by atoms with E-state index in [-0.39, 0.29) is 12.5 Å². The maximum absolute atomic E-state index is 13.0. The van der Waals surface area contributed by atoms with Gasteiger partial charge in [0.1, 0.15) is 0 Å². The van der Waals surface area contributed by atoms with Crippen LogP contribution in [0.2, 0.25) is 0 Å². The Labute approximate surface area is 180 Å². The van der Waals surface area contributed by atoms with E-state index in [1.54, 1.807) is 53.4 Å². The fraction of sp³-hybridized carbons (Fsp3) is 0.125. The second-order valence-corrected chi connectivity index (χ2v) is 7.14. The monoisotopic (exact) mass is 414 g/mol. The number of benzene rings is 3. The molecule has 3 N–H and O–H groups in total. The highest BCUT2D eigenvalue weighted by molar-refractivity contribution is 6.08. The number of hydrogen-bond acceptors (Lipinski definition) is 4. The molecule has 4 amide bonds. The van der Waals surface area contributed by atoms with Crippen LogP contribution in [0.3, 0.4) is 0 Å². The van der Waals surface area contributed by atoms with Crippen LogP contribution in [-0.4, -0.2) is 30.9 Å². The highest BCUT2D eigenvalue weighted by Crippen LogP contribution is 2.29. The van der Waals surface area contributed by atoms with Gasteiger partial charge in [-0.05, 0) is 48.4 Å². The van der Waals surface area contributed by atoms with Crippen molar-refractivity contribution in [2.24, 2.45) is 0 Å². The summed E-state index contributed by atoms with van der Waals surface area (Å²) in [6.45, 7) is 0.543. The summed E-state index contributed by atoms with van der Waals surface area (Å²) in [5.41, 5.74) is 3.85. The highest BCUT2D eigenvalue weighted by Gasteiger charge is 2.25. The van der Waals surface area contributed by atoms with Crippen molar-refractivity contribution >= 4 is 34.9 Å². The molecule has 0 radical (unpaired) electrons. The first-order chi connectivity index (χ1) is 15.1. The fourth-order valence-corrected chi connectivity index (χ4v) is 3.50. The number of nitrogens with one attached hydrogen (secondary N) is 3. The lowest BCUT2D eigenvalue weighted by molar-refractivity contribution is -0.118. The SMILES string of the molecule is O=C(CNc1cccc(C(=O)N2CCc3ccccc32)c1)NC(=O)Nc1ccccc1. The number of amides is 4. The molecule has 0 bridgehead atoms. The average Bonchev–Trinajstić information content (AvgIpc) is 3.22. The maximum atomic E-state index is 13.0. The van der Waals surface area contributed by atoms with Gasteiger partial charge in [-0.15, -0.1) is 0 Å². The van der Waals surface area contributed by atoms with Crippen LogP contribution in [0.1, 0.15) is 15.9 Å². The summed E-state index contributed by atoms with van der Waals surface area (Å²) in [6, 6.07) is 23.1. The maximum Gasteiger partial charge on any atom is 0.325 e. The van der Waals surface area contributed by atoms with Crippen LogP contribution >= 0.6 is 0 Å². The molecule has 7 heteroatoms. The number of fused-ring (bicyclic) bond motifs is 1. The molecule has 0 aliphatic carbocycles. The Morgan fingerprint density at radius 1 is 0.839 bits per heavy atom. The van der Waals surface area contributed by atoms with E-state index >= 15 is 0 Å². The smallest absolute Gasteiger partial charge is 0.325 e. The van der Waals surface area contributed by atoms with Crippen molar-refractivity contribution in [1.82, 2.24) is 5.32 Å². The molecule has 0 fully saturated rings. The molecule has 0 saturated heterocycles. The van der Waals surface area contributed by atoms with Crippen molar-refractivity contribution in [2.45, 2.75) is 6.42 Å². The second kappa shape index (κ2) is 9.13. The standard InChI is InChI=1S/C24H22N4O3/c29-22(27-24(31)26-19-9-2-1-3-10-19)16-25-20-11-6-8-18(15-20)23(30)28-14-13-17-7-4-5-12-21(17)28/h1-12,15,25H,13-14,16H2,(H2,26,27,29,31). The lowest BCUT2D eigenvalue weighted by Gasteiger charge is -2.18. The van der Waals surface area contributed by atoms with Crippen molar-refractivity contribution < 1.29 is 14.4 Å². The van der Waals surface area contributed by atoms with E-state index in [1.165, 1.54) is 0 Å². The van der Waals surface area contributed by atoms with Crippen LogP contribution < -0.4 is 20.9 Å². The first-order valence-electron chi connectivity index (χ1n) is 10.00. The Balaban J connectivity index is 1.33. The number of para-hydroxylation sites is 2. The number of nitrogens with zero attached hydrogens (tertiary/aromatic N) is 1. The number of imide groups is 1. The van der Waals surface area contributed by atoms with E-state index in [0.717, 1.165) is 17.7 Å². The van der Waals surface area contributed by atoms with Gasteiger partial charge in [0.2, 0.25) is 5.91 Å². The zero-order valence-corrected chi connectivity index (χ0v) is 16.8. The molecule has 1 heterocycles. The van der Waals surface area contributed by atoms with Gasteiger partial charge in [-0.3, -0.25) is 14.9 Å². The molecule has 1 aliphatic heterocycles. The zero-order chi connectivity index (χ0) is 21.6. The van der Waals surface area contributed by atoms with Crippen molar-refractivity contribution in [3.8, 4) is 0 Å². The van der Waals surface area contributed by atoms with Crippen molar-refractivity contribution in [3.05, 3.63) is 90.0 Å². The minimum absolute atomic E-state index is 0.0831.